The fourth-order valence-corrected chi connectivity index (χ4v) is 1.78. The number of hydrazone groups is 1. The Morgan fingerprint density at radius 2 is 2.05 bits per heavy atom. The van der Waals surface area contributed by atoms with E-state index >= 15 is 0 Å². The van der Waals surface area contributed by atoms with Gasteiger partial charge in [0.05, 0.1) is 6.21 Å². The van der Waals surface area contributed by atoms with Crippen molar-refractivity contribution in [3.63, 3.8) is 0 Å². The Morgan fingerprint density at radius 3 is 2.80 bits per heavy atom. The van der Waals surface area contributed by atoms with Crippen molar-refractivity contribution in [2.75, 3.05) is 6.54 Å². The summed E-state index contributed by atoms with van der Waals surface area (Å²) in [5, 5.41) is 7.67. The second-order valence-electron chi connectivity index (χ2n) is 4.15. The molecule has 0 unspecified atom stereocenters. The lowest BCUT2D eigenvalue weighted by atomic mass is 10.1. The van der Waals surface area contributed by atoms with Gasteiger partial charge in [0, 0.05) is 24.5 Å². The van der Waals surface area contributed by atoms with Crippen molar-refractivity contribution in [3.8, 4) is 0 Å². The van der Waals surface area contributed by atoms with Gasteiger partial charge >= 0.3 is 0 Å². The van der Waals surface area contributed by atoms with Crippen LogP contribution < -0.4 is 10.7 Å². The van der Waals surface area contributed by atoms with Crippen LogP contribution in [0.1, 0.15) is 11.1 Å². The van der Waals surface area contributed by atoms with E-state index in [0.717, 1.165) is 18.5 Å². The Bertz CT molecular complexity index is 555. The molecule has 2 N–H and O–H groups in total. The summed E-state index contributed by atoms with van der Waals surface area (Å²) in [4.78, 5) is 4.00. The van der Waals surface area contributed by atoms with E-state index in [1.807, 2.05) is 30.3 Å². The molecule has 0 spiro atoms. The molecule has 0 aliphatic rings. The van der Waals surface area contributed by atoms with Crippen LogP contribution in [0.5, 0.6) is 0 Å². The molecule has 2 aromatic rings. The molecular formula is C15H16N4S. The van der Waals surface area contributed by atoms with Crippen LogP contribution in [0.4, 0.5) is 0 Å². The smallest absolute Gasteiger partial charge is 0.186 e. The predicted octanol–water partition coefficient (Wildman–Crippen LogP) is 2.12. The largest absolute Gasteiger partial charge is 0.361 e. The molecule has 102 valence electrons. The second-order valence-corrected chi connectivity index (χ2v) is 4.56. The number of aromatic nitrogens is 1. The normalized spacial score (nSPS) is 10.4. The highest BCUT2D eigenvalue weighted by Crippen LogP contribution is 1.97. The maximum absolute atomic E-state index is 5.13. The zero-order valence-corrected chi connectivity index (χ0v) is 11.8. The van der Waals surface area contributed by atoms with Crippen molar-refractivity contribution < 1.29 is 0 Å². The summed E-state index contributed by atoms with van der Waals surface area (Å²) in [6.45, 7) is 0.776. The minimum atomic E-state index is 0.515. The highest BCUT2D eigenvalue weighted by Gasteiger charge is 1.94. The van der Waals surface area contributed by atoms with Gasteiger partial charge in [0.2, 0.25) is 0 Å². The number of hydrogen-bond donors (Lipinski definition) is 2. The van der Waals surface area contributed by atoms with Crippen LogP contribution in [0.2, 0.25) is 0 Å². The number of thiocarbonyl (C=S) groups is 1. The predicted molar refractivity (Wildman–Crippen MR) is 85.7 cm³/mol. The van der Waals surface area contributed by atoms with Gasteiger partial charge in [-0.25, -0.2) is 0 Å². The van der Waals surface area contributed by atoms with E-state index in [4.69, 9.17) is 12.2 Å². The second kappa shape index (κ2) is 8.01. The summed E-state index contributed by atoms with van der Waals surface area (Å²) in [6.07, 6.45) is 6.06. The van der Waals surface area contributed by atoms with E-state index in [1.54, 1.807) is 18.6 Å². The quantitative estimate of drug-likeness (QED) is 0.502. The third-order valence-electron chi connectivity index (χ3n) is 2.61. The Hall–Kier alpha value is -2.27. The molecule has 20 heavy (non-hydrogen) atoms. The van der Waals surface area contributed by atoms with E-state index in [1.165, 1.54) is 5.56 Å². The van der Waals surface area contributed by atoms with Crippen LogP contribution in [-0.4, -0.2) is 22.9 Å². The molecule has 0 radical (unpaired) electrons. The summed E-state index contributed by atoms with van der Waals surface area (Å²) < 4.78 is 0. The Balaban J connectivity index is 1.67. The summed E-state index contributed by atoms with van der Waals surface area (Å²) in [5.74, 6) is 0. The number of benzene rings is 1. The number of rotatable bonds is 5. The lowest BCUT2D eigenvalue weighted by Crippen LogP contribution is -2.33. The maximum atomic E-state index is 5.13. The molecule has 0 amide bonds. The lowest BCUT2D eigenvalue weighted by Gasteiger charge is -2.06. The third-order valence-corrected chi connectivity index (χ3v) is 2.84. The van der Waals surface area contributed by atoms with Crippen molar-refractivity contribution in [1.82, 2.24) is 15.7 Å². The van der Waals surface area contributed by atoms with E-state index in [0.29, 0.717) is 5.11 Å². The Labute approximate surface area is 123 Å². The molecule has 0 atom stereocenters. The van der Waals surface area contributed by atoms with Gasteiger partial charge in [0.15, 0.2) is 5.11 Å². The Morgan fingerprint density at radius 1 is 1.20 bits per heavy atom. The average Bonchev–Trinajstić information content (AvgIpc) is 2.49. The molecule has 0 saturated heterocycles. The van der Waals surface area contributed by atoms with Gasteiger partial charge in [-0.15, -0.1) is 0 Å². The van der Waals surface area contributed by atoms with Gasteiger partial charge in [-0.1, -0.05) is 36.4 Å². The van der Waals surface area contributed by atoms with Gasteiger partial charge in [0.25, 0.3) is 0 Å². The number of nitrogens with one attached hydrogen (secondary N) is 2. The van der Waals surface area contributed by atoms with Gasteiger partial charge < -0.3 is 5.32 Å². The first-order valence-corrected chi connectivity index (χ1v) is 6.76. The van der Waals surface area contributed by atoms with E-state index in [2.05, 4.69) is 33.0 Å². The monoisotopic (exact) mass is 284 g/mol. The first-order valence-electron chi connectivity index (χ1n) is 6.35. The molecule has 0 saturated carbocycles. The molecule has 4 nitrogen and oxygen atoms in total. The van der Waals surface area contributed by atoms with Crippen LogP contribution in [0.15, 0.2) is 60.0 Å². The van der Waals surface area contributed by atoms with Crippen molar-refractivity contribution in [3.05, 3.63) is 66.0 Å². The summed E-state index contributed by atoms with van der Waals surface area (Å²) in [5.41, 5.74) is 4.98. The molecule has 1 heterocycles. The van der Waals surface area contributed by atoms with E-state index in [-0.39, 0.29) is 0 Å². The molecule has 2 rings (SSSR count). The molecule has 5 heteroatoms. The summed E-state index contributed by atoms with van der Waals surface area (Å²) in [7, 11) is 0. The summed E-state index contributed by atoms with van der Waals surface area (Å²) >= 11 is 5.13. The molecule has 1 aromatic carbocycles. The fraction of sp³-hybridized carbons (Fsp3) is 0.133. The molecule has 0 aliphatic heterocycles. The zero-order valence-electron chi connectivity index (χ0n) is 11.0. The summed E-state index contributed by atoms with van der Waals surface area (Å²) in [6, 6.07) is 14.0. The first-order chi connectivity index (χ1) is 9.84. The minimum Gasteiger partial charge on any atom is -0.361 e. The third kappa shape index (κ3) is 5.16. The van der Waals surface area contributed by atoms with Crippen molar-refractivity contribution in [1.29, 1.82) is 0 Å². The highest BCUT2D eigenvalue weighted by atomic mass is 32.1. The molecule has 0 aliphatic carbocycles. The average molecular weight is 284 g/mol. The van der Waals surface area contributed by atoms with Gasteiger partial charge in [0.1, 0.15) is 0 Å². The SMILES string of the molecule is S=C(NCCc1ccccc1)N/N=C/c1cccnc1. The molecular weight excluding hydrogens is 268 g/mol. The molecule has 1 aromatic heterocycles. The van der Waals surface area contributed by atoms with Crippen molar-refractivity contribution in [2.45, 2.75) is 6.42 Å². The Kier molecular flexibility index (Phi) is 5.67. The van der Waals surface area contributed by atoms with Crippen LogP contribution in [-0.2, 0) is 6.42 Å². The van der Waals surface area contributed by atoms with Crippen LogP contribution in [0.3, 0.4) is 0 Å². The molecule has 0 fully saturated rings. The number of hydrogen-bond acceptors (Lipinski definition) is 3. The maximum Gasteiger partial charge on any atom is 0.186 e. The van der Waals surface area contributed by atoms with Crippen molar-refractivity contribution >= 4 is 23.5 Å². The molecule has 0 bridgehead atoms. The van der Waals surface area contributed by atoms with Gasteiger partial charge in [-0.2, -0.15) is 5.10 Å². The van der Waals surface area contributed by atoms with Crippen LogP contribution in [0.25, 0.3) is 0 Å². The van der Waals surface area contributed by atoms with Crippen molar-refractivity contribution in [2.24, 2.45) is 5.10 Å². The lowest BCUT2D eigenvalue weighted by molar-refractivity contribution is 0.838. The minimum absolute atomic E-state index is 0.515. The first kappa shape index (κ1) is 14.1. The topological polar surface area (TPSA) is 49.3 Å². The van der Waals surface area contributed by atoms with Crippen LogP contribution >= 0.6 is 12.2 Å². The zero-order chi connectivity index (χ0) is 14.0. The van der Waals surface area contributed by atoms with E-state index in [9.17, 15) is 0 Å². The fourth-order valence-electron chi connectivity index (χ4n) is 1.62. The van der Waals surface area contributed by atoms with E-state index < -0.39 is 0 Å². The standard InChI is InChI=1S/C15H16N4S/c20-15(17-10-8-13-5-2-1-3-6-13)19-18-12-14-7-4-9-16-11-14/h1-7,9,11-12H,8,10H2,(H2,17,19,20)/b18-12+. The highest BCUT2D eigenvalue weighted by molar-refractivity contribution is 7.80. The van der Waals surface area contributed by atoms with Gasteiger partial charge in [-0.3, -0.25) is 10.4 Å². The van der Waals surface area contributed by atoms with Crippen LogP contribution in [0, 0.1) is 0 Å². The number of nitrogens with zero attached hydrogens (tertiary/aromatic N) is 2. The van der Waals surface area contributed by atoms with Gasteiger partial charge in [-0.05, 0) is 30.3 Å². The number of pyridine rings is 1.